The molecule has 0 aliphatic carbocycles. The van der Waals surface area contributed by atoms with E-state index in [1.165, 1.54) is 6.07 Å². The Morgan fingerprint density at radius 3 is 3.00 bits per heavy atom. The van der Waals surface area contributed by atoms with Crippen molar-refractivity contribution in [2.24, 2.45) is 7.05 Å². The Labute approximate surface area is 92.6 Å². The van der Waals surface area contributed by atoms with Gasteiger partial charge in [0.15, 0.2) is 0 Å². The molecule has 2 aromatic rings. The van der Waals surface area contributed by atoms with Gasteiger partial charge in [-0.25, -0.2) is 10.1 Å². The summed E-state index contributed by atoms with van der Waals surface area (Å²) in [6, 6.07) is 1.51. The van der Waals surface area contributed by atoms with Crippen molar-refractivity contribution < 1.29 is 0 Å². The first-order chi connectivity index (χ1) is 7.66. The smallest absolute Gasteiger partial charge is 0.266 e. The van der Waals surface area contributed by atoms with Gasteiger partial charge in [-0.2, -0.15) is 5.10 Å². The lowest BCUT2D eigenvalue weighted by molar-refractivity contribution is 0.758. The van der Waals surface area contributed by atoms with Crippen molar-refractivity contribution in [1.82, 2.24) is 19.7 Å². The van der Waals surface area contributed by atoms with Crippen LogP contribution >= 0.6 is 0 Å². The molecular formula is C10H13N5O. The average Bonchev–Trinajstić information content (AvgIpc) is 2.64. The van der Waals surface area contributed by atoms with E-state index in [-0.39, 0.29) is 5.56 Å². The van der Waals surface area contributed by atoms with E-state index in [4.69, 9.17) is 0 Å². The lowest BCUT2D eigenvalue weighted by Gasteiger charge is -2.17. The van der Waals surface area contributed by atoms with Crippen LogP contribution in [0.3, 0.4) is 0 Å². The van der Waals surface area contributed by atoms with E-state index in [9.17, 15) is 4.79 Å². The number of rotatable bonds is 3. The molecule has 84 valence electrons. The predicted molar refractivity (Wildman–Crippen MR) is 60.2 cm³/mol. The van der Waals surface area contributed by atoms with Crippen molar-refractivity contribution in [2.45, 2.75) is 6.54 Å². The number of hydrogen-bond donors (Lipinski definition) is 1. The zero-order valence-corrected chi connectivity index (χ0v) is 9.21. The van der Waals surface area contributed by atoms with Gasteiger partial charge in [0.1, 0.15) is 5.82 Å². The molecule has 0 fully saturated rings. The summed E-state index contributed by atoms with van der Waals surface area (Å²) >= 11 is 0. The maximum absolute atomic E-state index is 11.1. The summed E-state index contributed by atoms with van der Waals surface area (Å²) in [5.74, 6) is 0.933. The normalized spacial score (nSPS) is 10.4. The van der Waals surface area contributed by atoms with E-state index in [1.807, 2.05) is 29.8 Å². The molecule has 0 aliphatic heterocycles. The molecule has 0 aromatic carbocycles. The number of aromatic amines is 1. The zero-order valence-electron chi connectivity index (χ0n) is 9.21. The molecule has 1 N–H and O–H groups in total. The van der Waals surface area contributed by atoms with Crippen LogP contribution < -0.4 is 10.5 Å². The number of nitrogens with zero attached hydrogens (tertiary/aromatic N) is 4. The molecular weight excluding hydrogens is 206 g/mol. The van der Waals surface area contributed by atoms with Gasteiger partial charge in [0, 0.05) is 32.6 Å². The first-order valence-corrected chi connectivity index (χ1v) is 4.89. The number of hydrogen-bond acceptors (Lipinski definition) is 4. The summed E-state index contributed by atoms with van der Waals surface area (Å²) < 4.78 is 1.94. The molecule has 2 heterocycles. The van der Waals surface area contributed by atoms with Gasteiger partial charge in [-0.15, -0.1) is 0 Å². The highest BCUT2D eigenvalue weighted by molar-refractivity contribution is 5.41. The van der Waals surface area contributed by atoms with Gasteiger partial charge in [0.25, 0.3) is 5.56 Å². The number of nitrogens with one attached hydrogen (secondary N) is 1. The Balaban J connectivity index is 2.17. The summed E-state index contributed by atoms with van der Waals surface area (Å²) in [6.07, 6.45) is 5.25. The number of anilines is 1. The summed E-state index contributed by atoms with van der Waals surface area (Å²) in [5.41, 5.74) is 0.566. The molecule has 2 aromatic heterocycles. The molecule has 0 saturated heterocycles. The fourth-order valence-corrected chi connectivity index (χ4v) is 1.43. The Morgan fingerprint density at radius 2 is 2.38 bits per heavy atom. The lowest BCUT2D eigenvalue weighted by atomic mass is 10.4. The van der Waals surface area contributed by atoms with Crippen LogP contribution in [-0.2, 0) is 13.6 Å². The lowest BCUT2D eigenvalue weighted by Crippen LogP contribution is -2.21. The fourth-order valence-electron chi connectivity index (χ4n) is 1.43. The van der Waals surface area contributed by atoms with Crippen LogP contribution in [0, 0.1) is 0 Å². The number of H-pyrrole nitrogens is 1. The summed E-state index contributed by atoms with van der Waals surface area (Å²) in [6.45, 7) is 0.634. The molecule has 0 radical (unpaired) electrons. The van der Waals surface area contributed by atoms with E-state index < -0.39 is 0 Å². The third-order valence-electron chi connectivity index (χ3n) is 2.39. The first-order valence-electron chi connectivity index (χ1n) is 4.89. The Kier molecular flexibility index (Phi) is 2.72. The third kappa shape index (κ3) is 2.10. The van der Waals surface area contributed by atoms with Gasteiger partial charge >= 0.3 is 0 Å². The topological polar surface area (TPSA) is 66.8 Å². The second-order valence-electron chi connectivity index (χ2n) is 3.61. The summed E-state index contributed by atoms with van der Waals surface area (Å²) in [5, 5.41) is 6.09. The Bertz CT molecular complexity index is 530. The quantitative estimate of drug-likeness (QED) is 0.797. The van der Waals surface area contributed by atoms with Gasteiger partial charge in [-0.3, -0.25) is 4.79 Å². The minimum absolute atomic E-state index is 0.204. The fraction of sp³-hybridized carbons (Fsp3) is 0.300. The molecule has 0 bridgehead atoms. The highest BCUT2D eigenvalue weighted by Gasteiger charge is 2.06. The predicted octanol–water partition coefficient (Wildman–Crippen LogP) is 0.140. The summed E-state index contributed by atoms with van der Waals surface area (Å²) in [7, 11) is 3.83. The first kappa shape index (κ1) is 10.4. The van der Waals surface area contributed by atoms with E-state index in [1.54, 1.807) is 12.4 Å². The van der Waals surface area contributed by atoms with Gasteiger partial charge in [-0.1, -0.05) is 0 Å². The average molecular weight is 219 g/mol. The zero-order chi connectivity index (χ0) is 11.5. The SMILES string of the molecule is CN(Cc1nccn1C)c1cn[nH]c(=O)c1. The minimum atomic E-state index is -0.204. The molecule has 0 atom stereocenters. The van der Waals surface area contributed by atoms with Crippen LogP contribution in [0.25, 0.3) is 0 Å². The summed E-state index contributed by atoms with van der Waals surface area (Å²) in [4.78, 5) is 17.2. The maximum atomic E-state index is 11.1. The van der Waals surface area contributed by atoms with Crippen molar-refractivity contribution in [2.75, 3.05) is 11.9 Å². The van der Waals surface area contributed by atoms with Gasteiger partial charge in [0.2, 0.25) is 0 Å². The third-order valence-corrected chi connectivity index (χ3v) is 2.39. The molecule has 16 heavy (non-hydrogen) atoms. The van der Waals surface area contributed by atoms with Crippen molar-refractivity contribution in [3.8, 4) is 0 Å². The van der Waals surface area contributed by atoms with Crippen LogP contribution in [-0.4, -0.2) is 26.8 Å². The van der Waals surface area contributed by atoms with Gasteiger partial charge in [0.05, 0.1) is 18.4 Å². The van der Waals surface area contributed by atoms with E-state index >= 15 is 0 Å². The Morgan fingerprint density at radius 1 is 1.56 bits per heavy atom. The maximum Gasteiger partial charge on any atom is 0.266 e. The molecule has 0 unspecified atom stereocenters. The van der Waals surface area contributed by atoms with Crippen molar-refractivity contribution in [3.63, 3.8) is 0 Å². The number of aromatic nitrogens is 4. The highest BCUT2D eigenvalue weighted by Crippen LogP contribution is 2.09. The highest BCUT2D eigenvalue weighted by atomic mass is 16.1. The minimum Gasteiger partial charge on any atom is -0.366 e. The van der Waals surface area contributed by atoms with Crippen LogP contribution in [0.15, 0.2) is 29.5 Å². The number of imidazole rings is 1. The monoisotopic (exact) mass is 219 g/mol. The van der Waals surface area contributed by atoms with E-state index in [0.717, 1.165) is 11.5 Å². The van der Waals surface area contributed by atoms with Gasteiger partial charge < -0.3 is 9.47 Å². The van der Waals surface area contributed by atoms with Crippen LogP contribution in [0.2, 0.25) is 0 Å². The molecule has 0 saturated carbocycles. The molecule has 6 nitrogen and oxygen atoms in total. The van der Waals surface area contributed by atoms with Crippen molar-refractivity contribution in [1.29, 1.82) is 0 Å². The molecule has 0 amide bonds. The Hall–Kier alpha value is -2.11. The van der Waals surface area contributed by atoms with Crippen LogP contribution in [0.5, 0.6) is 0 Å². The standard InChI is InChI=1S/C10H13N5O/c1-14-4-3-11-9(14)7-15(2)8-5-10(16)13-12-6-8/h3-6H,7H2,1-2H3,(H,13,16). The largest absolute Gasteiger partial charge is 0.366 e. The van der Waals surface area contributed by atoms with E-state index in [0.29, 0.717) is 6.54 Å². The molecule has 6 heteroatoms. The van der Waals surface area contributed by atoms with Crippen LogP contribution in [0.4, 0.5) is 5.69 Å². The van der Waals surface area contributed by atoms with Crippen molar-refractivity contribution >= 4 is 5.69 Å². The molecule has 2 rings (SSSR count). The van der Waals surface area contributed by atoms with E-state index in [2.05, 4.69) is 15.2 Å². The van der Waals surface area contributed by atoms with Gasteiger partial charge in [-0.05, 0) is 0 Å². The second kappa shape index (κ2) is 4.18. The second-order valence-corrected chi connectivity index (χ2v) is 3.61. The molecule has 0 spiro atoms. The van der Waals surface area contributed by atoms with Crippen LogP contribution in [0.1, 0.15) is 5.82 Å². The molecule has 0 aliphatic rings. The van der Waals surface area contributed by atoms with Crippen molar-refractivity contribution in [3.05, 3.63) is 40.8 Å². The number of aryl methyl sites for hydroxylation is 1.